The molecule has 0 unspecified atom stereocenters. The minimum atomic E-state index is -0.225. The molecule has 8 heteroatoms. The number of piperidine rings is 1. The molecule has 0 spiro atoms. The average Bonchev–Trinajstić information content (AvgIpc) is 2.85. The van der Waals surface area contributed by atoms with Gasteiger partial charge < -0.3 is 25.4 Å². The molecule has 0 atom stereocenters. The fraction of sp³-hybridized carbons (Fsp3) is 0.552. The molecule has 0 saturated carbocycles. The van der Waals surface area contributed by atoms with Gasteiger partial charge in [0.1, 0.15) is 5.60 Å². The summed E-state index contributed by atoms with van der Waals surface area (Å²) >= 11 is 0. The number of nitrogens with two attached hydrogens (primary N) is 1. The Hall–Kier alpha value is -3.13. The summed E-state index contributed by atoms with van der Waals surface area (Å²) in [7, 11) is 1.60. The number of carbonyl (C=O) groups is 2. The number of ether oxygens (including phenoxy) is 2. The number of aliphatic imine (C=N–C) groups is 1. The summed E-state index contributed by atoms with van der Waals surface area (Å²) in [6, 6.07) is 3.49. The first-order valence-corrected chi connectivity index (χ1v) is 13.1. The van der Waals surface area contributed by atoms with Crippen LogP contribution in [-0.4, -0.2) is 68.4 Å². The van der Waals surface area contributed by atoms with E-state index in [1.165, 1.54) is 0 Å². The predicted octanol–water partition coefficient (Wildman–Crippen LogP) is 4.03. The molecular weight excluding hydrogens is 468 g/mol. The molecule has 202 valence electrons. The highest BCUT2D eigenvalue weighted by molar-refractivity contribution is 6.00. The lowest BCUT2D eigenvalue weighted by Crippen LogP contribution is -2.40. The van der Waals surface area contributed by atoms with Crippen molar-refractivity contribution in [3.05, 3.63) is 52.3 Å². The maximum atomic E-state index is 13.0. The number of hydrogen-bond acceptors (Lipinski definition) is 6. The third-order valence-corrected chi connectivity index (χ3v) is 6.69. The van der Waals surface area contributed by atoms with E-state index < -0.39 is 0 Å². The Bertz CT molecular complexity index is 1060. The summed E-state index contributed by atoms with van der Waals surface area (Å²) in [5, 5.41) is 2.85. The average molecular weight is 511 g/mol. The number of methoxy groups -OCH3 is 1. The molecule has 1 heterocycles. The largest absolute Gasteiger partial charge is 0.492 e. The fourth-order valence-electron chi connectivity index (χ4n) is 4.62. The van der Waals surface area contributed by atoms with E-state index >= 15 is 0 Å². The van der Waals surface area contributed by atoms with Crippen LogP contribution in [0.5, 0.6) is 0 Å². The minimum Gasteiger partial charge on any atom is -0.492 e. The maximum Gasteiger partial charge on any atom is 0.251 e. The number of nitrogen functional groups attached to an aromatic ring is 1. The molecule has 1 fully saturated rings. The molecular formula is C29H42N4O4. The quantitative estimate of drug-likeness (QED) is 0.296. The number of amides is 2. The molecule has 3 N–H and O–H groups in total. The van der Waals surface area contributed by atoms with E-state index in [1.54, 1.807) is 25.5 Å². The number of nitrogens with one attached hydrogen (secondary N) is 1. The summed E-state index contributed by atoms with van der Waals surface area (Å²) in [5.41, 5.74) is 9.59. The van der Waals surface area contributed by atoms with Gasteiger partial charge in [0.25, 0.3) is 5.91 Å². The first kappa shape index (κ1) is 28.4. The van der Waals surface area contributed by atoms with E-state index in [9.17, 15) is 9.59 Å². The van der Waals surface area contributed by atoms with Crippen molar-refractivity contribution in [2.45, 2.75) is 59.0 Å². The van der Waals surface area contributed by atoms with Crippen LogP contribution in [0.15, 0.2) is 40.6 Å². The van der Waals surface area contributed by atoms with Gasteiger partial charge in [0, 0.05) is 68.3 Å². The topological polar surface area (TPSA) is 106 Å². The van der Waals surface area contributed by atoms with Crippen molar-refractivity contribution in [1.82, 2.24) is 10.2 Å². The van der Waals surface area contributed by atoms with Crippen LogP contribution in [-0.2, 0) is 14.3 Å². The molecule has 0 aromatic heterocycles. The first-order valence-electron chi connectivity index (χ1n) is 13.1. The third-order valence-electron chi connectivity index (χ3n) is 6.69. The molecule has 0 radical (unpaired) electrons. The summed E-state index contributed by atoms with van der Waals surface area (Å²) in [4.78, 5) is 32.1. The molecule has 1 aliphatic carbocycles. The predicted molar refractivity (Wildman–Crippen MR) is 148 cm³/mol. The van der Waals surface area contributed by atoms with E-state index in [4.69, 9.17) is 15.2 Å². The van der Waals surface area contributed by atoms with Gasteiger partial charge >= 0.3 is 0 Å². The monoisotopic (exact) mass is 510 g/mol. The van der Waals surface area contributed by atoms with Crippen molar-refractivity contribution < 1.29 is 19.1 Å². The number of anilines is 1. The lowest BCUT2D eigenvalue weighted by atomic mass is 9.95. The van der Waals surface area contributed by atoms with Gasteiger partial charge in [-0.15, -0.1) is 0 Å². The van der Waals surface area contributed by atoms with Crippen molar-refractivity contribution in [2.24, 2.45) is 10.9 Å². The molecule has 37 heavy (non-hydrogen) atoms. The Labute approximate surface area is 221 Å². The van der Waals surface area contributed by atoms with Gasteiger partial charge in [0.15, 0.2) is 0 Å². The van der Waals surface area contributed by atoms with E-state index in [1.807, 2.05) is 44.7 Å². The Morgan fingerprint density at radius 2 is 1.92 bits per heavy atom. The van der Waals surface area contributed by atoms with Crippen LogP contribution in [0.4, 0.5) is 5.69 Å². The number of nitrogens with zero attached hydrogens (tertiary/aromatic N) is 2. The zero-order valence-electron chi connectivity index (χ0n) is 22.9. The number of likely N-dealkylation sites (tertiary alicyclic amines) is 1. The number of carbonyl (C=O) groups excluding carboxylic acids is 2. The smallest absolute Gasteiger partial charge is 0.251 e. The lowest BCUT2D eigenvalue weighted by molar-refractivity contribution is -0.128. The summed E-state index contributed by atoms with van der Waals surface area (Å²) in [6.45, 7) is 11.0. The number of hydrogen-bond donors (Lipinski definition) is 2. The maximum absolute atomic E-state index is 13.0. The molecule has 1 aliphatic heterocycles. The van der Waals surface area contributed by atoms with Crippen LogP contribution in [0.2, 0.25) is 0 Å². The highest BCUT2D eigenvalue weighted by Gasteiger charge is 2.26. The molecule has 1 saturated heterocycles. The fourth-order valence-corrected chi connectivity index (χ4v) is 4.62. The van der Waals surface area contributed by atoms with E-state index in [0.29, 0.717) is 36.9 Å². The van der Waals surface area contributed by atoms with Crippen molar-refractivity contribution in [1.29, 1.82) is 0 Å². The second-order valence-corrected chi connectivity index (χ2v) is 10.8. The van der Waals surface area contributed by atoms with Crippen LogP contribution in [0, 0.1) is 12.8 Å². The Balaban J connectivity index is 1.52. The van der Waals surface area contributed by atoms with Crippen LogP contribution in [0.1, 0.15) is 67.9 Å². The summed E-state index contributed by atoms with van der Waals surface area (Å²) in [5.74, 6) is 1.34. The number of allylic oxidation sites excluding steroid dienone is 3. The highest BCUT2D eigenvalue weighted by atomic mass is 16.5. The molecule has 8 nitrogen and oxygen atoms in total. The van der Waals surface area contributed by atoms with Gasteiger partial charge in [-0.25, -0.2) is 0 Å². The van der Waals surface area contributed by atoms with Gasteiger partial charge in [-0.2, -0.15) is 0 Å². The highest BCUT2D eigenvalue weighted by Crippen LogP contribution is 2.27. The van der Waals surface area contributed by atoms with Gasteiger partial charge in [0.05, 0.1) is 12.4 Å². The van der Waals surface area contributed by atoms with Crippen molar-refractivity contribution in [3.8, 4) is 0 Å². The van der Waals surface area contributed by atoms with Crippen LogP contribution < -0.4 is 11.1 Å². The summed E-state index contributed by atoms with van der Waals surface area (Å²) < 4.78 is 10.9. The van der Waals surface area contributed by atoms with E-state index in [2.05, 4.69) is 10.3 Å². The van der Waals surface area contributed by atoms with E-state index in [0.717, 1.165) is 61.2 Å². The molecule has 3 rings (SSSR count). The van der Waals surface area contributed by atoms with Gasteiger partial charge in [0.2, 0.25) is 5.91 Å². The minimum absolute atomic E-state index is 0.136. The van der Waals surface area contributed by atoms with Crippen LogP contribution in [0.3, 0.4) is 0 Å². The third kappa shape index (κ3) is 8.18. The van der Waals surface area contributed by atoms with E-state index in [-0.39, 0.29) is 17.4 Å². The normalized spacial score (nSPS) is 16.9. The summed E-state index contributed by atoms with van der Waals surface area (Å²) in [6.07, 6.45) is 8.96. The molecule has 1 aromatic rings. The first-order chi connectivity index (χ1) is 17.6. The van der Waals surface area contributed by atoms with Crippen molar-refractivity contribution in [2.75, 3.05) is 45.6 Å². The van der Waals surface area contributed by atoms with Crippen LogP contribution in [0.25, 0.3) is 0 Å². The van der Waals surface area contributed by atoms with Crippen molar-refractivity contribution >= 4 is 23.7 Å². The van der Waals surface area contributed by atoms with Gasteiger partial charge in [-0.3, -0.25) is 14.6 Å². The Kier molecular flexibility index (Phi) is 9.92. The SMILES string of the molecule is COCCNC(=O)c1ccc(N)c(C=NCC2CCN(C(=O)C3=CC=C(OC(C)(C)C)CC3)CC2)c1C. The van der Waals surface area contributed by atoms with Gasteiger partial charge in [-0.05, 0) is 76.6 Å². The second-order valence-electron chi connectivity index (χ2n) is 10.8. The Morgan fingerprint density at radius 3 is 2.54 bits per heavy atom. The molecule has 2 amide bonds. The standard InChI is InChI=1S/C29H42N4O4/c1-20-24(27(34)32-14-17-36-5)10-11-26(30)25(20)19-31-18-21-12-15-33(16-13-21)28(35)22-6-8-23(9-7-22)37-29(2,3)4/h6,8,10-11,19,21H,7,9,12-18,30H2,1-5H3,(H,32,34). The van der Waals surface area contributed by atoms with Crippen LogP contribution >= 0.6 is 0 Å². The lowest BCUT2D eigenvalue weighted by Gasteiger charge is -2.32. The second kappa shape index (κ2) is 12.9. The Morgan fingerprint density at radius 1 is 1.19 bits per heavy atom. The molecule has 1 aromatic carbocycles. The molecule has 0 bridgehead atoms. The molecule has 2 aliphatic rings. The number of rotatable bonds is 9. The van der Waals surface area contributed by atoms with Crippen molar-refractivity contribution in [3.63, 3.8) is 0 Å². The number of benzene rings is 1. The zero-order valence-corrected chi connectivity index (χ0v) is 22.9. The van der Waals surface area contributed by atoms with Gasteiger partial charge in [-0.1, -0.05) is 6.08 Å². The zero-order chi connectivity index (χ0) is 27.0.